The first-order valence-electron chi connectivity index (χ1n) is 7.63. The van der Waals surface area contributed by atoms with Crippen LogP contribution in [0, 0.1) is 16.0 Å². The molecule has 0 aromatic heterocycles. The van der Waals surface area contributed by atoms with Gasteiger partial charge in [0.15, 0.2) is 9.84 Å². The van der Waals surface area contributed by atoms with E-state index in [2.05, 4.69) is 4.90 Å². The molecule has 2 fully saturated rings. The van der Waals surface area contributed by atoms with E-state index in [1.54, 1.807) is 6.07 Å². The average Bonchev–Trinajstić information content (AvgIpc) is 2.89. The zero-order chi connectivity index (χ0) is 15.9. The first-order chi connectivity index (χ1) is 10.4. The molecule has 2 unspecified atom stereocenters. The van der Waals surface area contributed by atoms with Crippen molar-refractivity contribution in [3.63, 3.8) is 0 Å². The van der Waals surface area contributed by atoms with E-state index < -0.39 is 14.8 Å². The molecule has 1 heterocycles. The number of hydrogen-bond acceptors (Lipinski definition) is 5. The number of hydrogen-bond donors (Lipinski definition) is 0. The molecule has 0 amide bonds. The highest BCUT2D eigenvalue weighted by Gasteiger charge is 2.36. The van der Waals surface area contributed by atoms with Crippen molar-refractivity contribution in [2.24, 2.45) is 5.92 Å². The van der Waals surface area contributed by atoms with Gasteiger partial charge in [0.2, 0.25) is 0 Å². The van der Waals surface area contributed by atoms with Crippen LogP contribution in [0.4, 0.5) is 11.4 Å². The van der Waals surface area contributed by atoms with Gasteiger partial charge < -0.3 is 4.90 Å². The molecule has 22 heavy (non-hydrogen) atoms. The maximum absolute atomic E-state index is 11.9. The standard InChI is InChI=1S/C15H20N2O4S/c1-22(20,21)15-10-12(6-7-14(15)17(18)19)16-9-8-11-4-2-3-5-13(11)16/h6-7,10-11,13H,2-5,8-9H2,1H3. The Morgan fingerprint density at radius 1 is 1.23 bits per heavy atom. The third-order valence-electron chi connectivity index (χ3n) is 4.88. The molecule has 1 aromatic rings. The lowest BCUT2D eigenvalue weighted by atomic mass is 9.85. The van der Waals surface area contributed by atoms with Gasteiger partial charge in [-0.2, -0.15) is 0 Å². The van der Waals surface area contributed by atoms with Gasteiger partial charge in [-0.25, -0.2) is 8.42 Å². The summed E-state index contributed by atoms with van der Waals surface area (Å²) in [6, 6.07) is 4.93. The summed E-state index contributed by atoms with van der Waals surface area (Å²) in [5, 5.41) is 11.1. The summed E-state index contributed by atoms with van der Waals surface area (Å²) in [6.45, 7) is 0.899. The highest BCUT2D eigenvalue weighted by atomic mass is 32.2. The predicted octanol–water partition coefficient (Wildman–Crippen LogP) is 2.77. The summed E-state index contributed by atoms with van der Waals surface area (Å²) in [5.74, 6) is 0.672. The van der Waals surface area contributed by atoms with E-state index in [0.717, 1.165) is 31.3 Å². The van der Waals surface area contributed by atoms with Crippen molar-refractivity contribution in [2.75, 3.05) is 17.7 Å². The van der Waals surface area contributed by atoms with Gasteiger partial charge in [-0.15, -0.1) is 0 Å². The van der Waals surface area contributed by atoms with E-state index >= 15 is 0 Å². The van der Waals surface area contributed by atoms with Gasteiger partial charge in [-0.05, 0) is 37.3 Å². The van der Waals surface area contributed by atoms with Gasteiger partial charge >= 0.3 is 0 Å². The second kappa shape index (κ2) is 5.53. The fourth-order valence-electron chi connectivity index (χ4n) is 3.86. The number of sulfone groups is 1. The fourth-order valence-corrected chi connectivity index (χ4v) is 4.71. The van der Waals surface area contributed by atoms with E-state index in [9.17, 15) is 18.5 Å². The summed E-state index contributed by atoms with van der Waals surface area (Å²) in [4.78, 5) is 12.5. The van der Waals surface area contributed by atoms with E-state index in [-0.39, 0.29) is 10.6 Å². The third-order valence-corrected chi connectivity index (χ3v) is 6.01. The zero-order valence-corrected chi connectivity index (χ0v) is 13.4. The SMILES string of the molecule is CS(=O)(=O)c1cc(N2CCC3CCCCC32)ccc1[N+](=O)[O-]. The Kier molecular flexibility index (Phi) is 3.84. The molecule has 3 rings (SSSR count). The number of fused-ring (bicyclic) bond motifs is 1. The van der Waals surface area contributed by atoms with E-state index in [1.807, 2.05) is 0 Å². The highest BCUT2D eigenvalue weighted by Crippen LogP contribution is 2.40. The number of anilines is 1. The molecule has 1 saturated heterocycles. The van der Waals surface area contributed by atoms with Crippen LogP contribution >= 0.6 is 0 Å². The van der Waals surface area contributed by atoms with Crippen LogP contribution in [-0.4, -0.2) is 32.2 Å². The highest BCUT2D eigenvalue weighted by molar-refractivity contribution is 7.90. The van der Waals surface area contributed by atoms with Crippen LogP contribution in [0.1, 0.15) is 32.1 Å². The van der Waals surface area contributed by atoms with Gasteiger partial charge in [0.1, 0.15) is 4.90 Å². The van der Waals surface area contributed by atoms with Gasteiger partial charge in [0, 0.05) is 30.6 Å². The van der Waals surface area contributed by atoms with Crippen molar-refractivity contribution in [3.8, 4) is 0 Å². The normalized spacial score (nSPS) is 25.0. The number of rotatable bonds is 3. The number of benzene rings is 1. The molecule has 0 radical (unpaired) electrons. The van der Waals surface area contributed by atoms with Gasteiger partial charge in [-0.1, -0.05) is 12.8 Å². The van der Waals surface area contributed by atoms with Crippen LogP contribution in [0.15, 0.2) is 23.1 Å². The smallest absolute Gasteiger partial charge is 0.288 e. The summed E-state index contributed by atoms with van der Waals surface area (Å²) in [6.07, 6.45) is 6.96. The maximum atomic E-state index is 11.9. The van der Waals surface area contributed by atoms with Crippen molar-refractivity contribution in [3.05, 3.63) is 28.3 Å². The molecule has 0 bridgehead atoms. The first kappa shape index (κ1) is 15.3. The van der Waals surface area contributed by atoms with Crippen LogP contribution < -0.4 is 4.90 Å². The Morgan fingerprint density at radius 3 is 2.64 bits per heavy atom. The molecular formula is C15H20N2O4S. The fraction of sp³-hybridized carbons (Fsp3) is 0.600. The van der Waals surface area contributed by atoms with E-state index in [1.165, 1.54) is 31.4 Å². The summed E-state index contributed by atoms with van der Waals surface area (Å²) in [7, 11) is -3.63. The monoisotopic (exact) mass is 324 g/mol. The lowest BCUT2D eigenvalue weighted by Crippen LogP contribution is -2.34. The minimum Gasteiger partial charge on any atom is -0.368 e. The molecule has 1 aliphatic carbocycles. The molecule has 0 spiro atoms. The van der Waals surface area contributed by atoms with Crippen molar-refractivity contribution >= 4 is 21.2 Å². The molecule has 2 aliphatic rings. The molecule has 120 valence electrons. The molecule has 7 heteroatoms. The second-order valence-electron chi connectivity index (χ2n) is 6.28. The minimum atomic E-state index is -3.63. The van der Waals surface area contributed by atoms with Crippen LogP contribution in [0.2, 0.25) is 0 Å². The zero-order valence-electron chi connectivity index (χ0n) is 12.6. The molecule has 1 aromatic carbocycles. The Labute approximate surface area is 130 Å². The predicted molar refractivity (Wildman–Crippen MR) is 83.9 cm³/mol. The summed E-state index contributed by atoms with van der Waals surface area (Å²) in [5.41, 5.74) is 0.450. The average molecular weight is 324 g/mol. The van der Waals surface area contributed by atoms with Crippen LogP contribution in [0.3, 0.4) is 0 Å². The van der Waals surface area contributed by atoms with Gasteiger partial charge in [0.05, 0.1) is 4.92 Å². The molecule has 6 nitrogen and oxygen atoms in total. The Balaban J connectivity index is 2.00. The Morgan fingerprint density at radius 2 is 1.95 bits per heavy atom. The lowest BCUT2D eigenvalue weighted by molar-refractivity contribution is -0.387. The quantitative estimate of drug-likeness (QED) is 0.631. The number of nitro groups is 1. The van der Waals surface area contributed by atoms with E-state index in [0.29, 0.717) is 12.0 Å². The first-order valence-corrected chi connectivity index (χ1v) is 9.52. The topological polar surface area (TPSA) is 80.5 Å². The summed E-state index contributed by atoms with van der Waals surface area (Å²) >= 11 is 0. The number of nitro benzene ring substituents is 1. The van der Waals surface area contributed by atoms with Crippen LogP contribution in [0.25, 0.3) is 0 Å². The molecule has 2 atom stereocenters. The molecule has 0 N–H and O–H groups in total. The molecule has 1 aliphatic heterocycles. The van der Waals surface area contributed by atoms with Crippen molar-refractivity contribution in [1.29, 1.82) is 0 Å². The lowest BCUT2D eigenvalue weighted by Gasteiger charge is -2.33. The Hall–Kier alpha value is -1.63. The third kappa shape index (κ3) is 2.69. The maximum Gasteiger partial charge on any atom is 0.288 e. The molecular weight excluding hydrogens is 304 g/mol. The Bertz CT molecular complexity index is 701. The second-order valence-corrected chi connectivity index (χ2v) is 8.26. The van der Waals surface area contributed by atoms with Crippen LogP contribution in [-0.2, 0) is 9.84 Å². The molecule has 1 saturated carbocycles. The van der Waals surface area contributed by atoms with Crippen molar-refractivity contribution in [1.82, 2.24) is 0 Å². The largest absolute Gasteiger partial charge is 0.368 e. The van der Waals surface area contributed by atoms with Crippen molar-refractivity contribution < 1.29 is 13.3 Å². The summed E-state index contributed by atoms with van der Waals surface area (Å²) < 4.78 is 23.8. The minimum absolute atomic E-state index is 0.186. The van der Waals surface area contributed by atoms with E-state index in [4.69, 9.17) is 0 Å². The number of nitrogens with zero attached hydrogens (tertiary/aromatic N) is 2. The van der Waals surface area contributed by atoms with Crippen molar-refractivity contribution in [2.45, 2.75) is 43.0 Å². The van der Waals surface area contributed by atoms with Crippen LogP contribution in [0.5, 0.6) is 0 Å². The van der Waals surface area contributed by atoms with Gasteiger partial charge in [0.25, 0.3) is 5.69 Å². The van der Waals surface area contributed by atoms with Gasteiger partial charge in [-0.3, -0.25) is 10.1 Å².